The lowest BCUT2D eigenvalue weighted by Crippen LogP contribution is -2.47. The molecule has 2 amide bonds. The number of nitrogens with one attached hydrogen (secondary N) is 2. The molecule has 0 spiro atoms. The maximum Gasteiger partial charge on any atom is 0.227 e. The van der Waals surface area contributed by atoms with E-state index in [9.17, 15) is 9.59 Å². The van der Waals surface area contributed by atoms with Gasteiger partial charge in [-0.15, -0.1) is 0 Å². The number of aromatic amines is 1. The molecule has 0 atom stereocenters. The fraction of sp³-hybridized carbons (Fsp3) is 0.421. The number of hydrogen-bond donors (Lipinski definition) is 2. The van der Waals surface area contributed by atoms with Gasteiger partial charge in [0.2, 0.25) is 11.8 Å². The summed E-state index contributed by atoms with van der Waals surface area (Å²) in [6.45, 7) is 3.38. The van der Waals surface area contributed by atoms with Crippen LogP contribution in [-0.4, -0.2) is 64.8 Å². The lowest BCUT2D eigenvalue weighted by atomic mass is 10.1. The molecule has 1 aliphatic heterocycles. The molecule has 3 rings (SSSR count). The Morgan fingerprint density at radius 3 is 2.77 bits per heavy atom. The van der Waals surface area contributed by atoms with Crippen molar-refractivity contribution in [2.75, 3.05) is 38.5 Å². The number of carbonyl (C=O) groups excluding carboxylic acids is 2. The molecule has 0 unspecified atom stereocenters. The minimum atomic E-state index is -0.0536. The lowest BCUT2D eigenvalue weighted by molar-refractivity contribution is -0.132. The van der Waals surface area contributed by atoms with E-state index in [4.69, 9.17) is 0 Å². The number of carbonyl (C=O) groups is 2. The van der Waals surface area contributed by atoms with Gasteiger partial charge in [-0.25, -0.2) is 4.98 Å². The normalized spacial score (nSPS) is 15.0. The van der Waals surface area contributed by atoms with Crippen molar-refractivity contribution in [2.24, 2.45) is 0 Å². The molecule has 7 heteroatoms. The van der Waals surface area contributed by atoms with Crippen LogP contribution in [0, 0.1) is 0 Å². The average Bonchev–Trinajstić information content (AvgIpc) is 3.14. The van der Waals surface area contributed by atoms with Gasteiger partial charge in [0.15, 0.2) is 0 Å². The van der Waals surface area contributed by atoms with Crippen LogP contribution < -0.4 is 5.32 Å². The number of aryl methyl sites for hydroxylation is 1. The molecule has 1 fully saturated rings. The summed E-state index contributed by atoms with van der Waals surface area (Å²) in [7, 11) is 2.07. The summed E-state index contributed by atoms with van der Waals surface area (Å²) in [5.41, 5.74) is 2.58. The Morgan fingerprint density at radius 2 is 2.04 bits per heavy atom. The van der Waals surface area contributed by atoms with Crippen molar-refractivity contribution < 1.29 is 9.59 Å². The van der Waals surface area contributed by atoms with Crippen LogP contribution in [0.15, 0.2) is 36.8 Å². The lowest BCUT2D eigenvalue weighted by Gasteiger charge is -2.32. The third-order valence-corrected chi connectivity index (χ3v) is 4.60. The van der Waals surface area contributed by atoms with Crippen molar-refractivity contribution in [3.05, 3.63) is 48.0 Å². The largest absolute Gasteiger partial charge is 0.348 e. The topological polar surface area (TPSA) is 81.3 Å². The number of hydrogen-bond acceptors (Lipinski definition) is 4. The second-order valence-corrected chi connectivity index (χ2v) is 6.69. The first-order valence-corrected chi connectivity index (χ1v) is 8.92. The predicted octanol–water partition coefficient (Wildman–Crippen LogP) is 1.30. The summed E-state index contributed by atoms with van der Waals surface area (Å²) < 4.78 is 0. The highest BCUT2D eigenvalue weighted by Crippen LogP contribution is 2.13. The molecule has 0 bridgehead atoms. The number of piperazine rings is 1. The summed E-state index contributed by atoms with van der Waals surface area (Å²) >= 11 is 0. The Balaban J connectivity index is 1.51. The van der Waals surface area contributed by atoms with E-state index in [2.05, 4.69) is 27.2 Å². The van der Waals surface area contributed by atoms with Crippen LogP contribution in [0.5, 0.6) is 0 Å². The summed E-state index contributed by atoms with van der Waals surface area (Å²) in [6.07, 6.45) is 4.69. The SMILES string of the molecule is CN1CCN(C(=O)Cc2cccc(NC(=O)CCc3cnc[nH]3)c2)CC1. The molecule has 1 saturated heterocycles. The number of H-pyrrole nitrogens is 1. The molecule has 1 aliphatic rings. The zero-order valence-corrected chi connectivity index (χ0v) is 15.1. The second kappa shape index (κ2) is 8.62. The number of likely N-dealkylation sites (N-methyl/N-ethyl adjacent to an activating group) is 1. The van der Waals surface area contributed by atoms with E-state index in [1.807, 2.05) is 29.2 Å². The number of imidazole rings is 1. The third-order valence-electron chi connectivity index (χ3n) is 4.60. The Labute approximate surface area is 153 Å². The van der Waals surface area contributed by atoms with Gasteiger partial charge in [0.25, 0.3) is 0 Å². The van der Waals surface area contributed by atoms with Crippen molar-refractivity contribution in [1.82, 2.24) is 19.8 Å². The monoisotopic (exact) mass is 355 g/mol. The van der Waals surface area contributed by atoms with Crippen molar-refractivity contribution in [2.45, 2.75) is 19.3 Å². The summed E-state index contributed by atoms with van der Waals surface area (Å²) in [5, 5.41) is 2.90. The molecule has 1 aromatic heterocycles. The van der Waals surface area contributed by atoms with Gasteiger partial charge < -0.3 is 20.1 Å². The molecule has 1 aromatic carbocycles. The first-order valence-electron chi connectivity index (χ1n) is 8.92. The first-order chi connectivity index (χ1) is 12.6. The molecule has 138 valence electrons. The Kier molecular flexibility index (Phi) is 6.01. The van der Waals surface area contributed by atoms with Gasteiger partial charge in [-0.2, -0.15) is 0 Å². The first kappa shape index (κ1) is 18.1. The minimum Gasteiger partial charge on any atom is -0.348 e. The van der Waals surface area contributed by atoms with E-state index in [-0.39, 0.29) is 11.8 Å². The maximum absolute atomic E-state index is 12.5. The van der Waals surface area contributed by atoms with Crippen LogP contribution in [0.4, 0.5) is 5.69 Å². The van der Waals surface area contributed by atoms with Gasteiger partial charge in [-0.1, -0.05) is 12.1 Å². The molecule has 26 heavy (non-hydrogen) atoms. The van der Waals surface area contributed by atoms with Crippen LogP contribution in [0.3, 0.4) is 0 Å². The van der Waals surface area contributed by atoms with Crippen LogP contribution >= 0.6 is 0 Å². The molecule has 0 radical (unpaired) electrons. The highest BCUT2D eigenvalue weighted by Gasteiger charge is 2.19. The number of amides is 2. The molecule has 2 N–H and O–H groups in total. The highest BCUT2D eigenvalue weighted by atomic mass is 16.2. The second-order valence-electron chi connectivity index (χ2n) is 6.69. The predicted molar refractivity (Wildman–Crippen MR) is 99.8 cm³/mol. The Bertz CT molecular complexity index is 736. The highest BCUT2D eigenvalue weighted by molar-refractivity contribution is 5.91. The molecule has 7 nitrogen and oxygen atoms in total. The average molecular weight is 355 g/mol. The third kappa shape index (κ3) is 5.16. The van der Waals surface area contributed by atoms with E-state index in [1.165, 1.54) is 0 Å². The number of nitrogens with zero attached hydrogens (tertiary/aromatic N) is 3. The van der Waals surface area contributed by atoms with E-state index in [0.717, 1.165) is 43.1 Å². The summed E-state index contributed by atoms with van der Waals surface area (Å²) in [6, 6.07) is 7.52. The van der Waals surface area contributed by atoms with Crippen molar-refractivity contribution in [1.29, 1.82) is 0 Å². The standard InChI is InChI=1S/C19H25N5O2/c1-23-7-9-24(10-8-23)19(26)12-15-3-2-4-16(11-15)22-18(25)6-5-17-13-20-14-21-17/h2-4,11,13-14H,5-10,12H2,1H3,(H,20,21)(H,22,25). The fourth-order valence-corrected chi connectivity index (χ4v) is 2.99. The molecular weight excluding hydrogens is 330 g/mol. The Morgan fingerprint density at radius 1 is 1.23 bits per heavy atom. The zero-order chi connectivity index (χ0) is 18.4. The van der Waals surface area contributed by atoms with Gasteiger partial charge in [0, 0.05) is 50.2 Å². The molecule has 2 heterocycles. The fourth-order valence-electron chi connectivity index (χ4n) is 2.99. The van der Waals surface area contributed by atoms with Gasteiger partial charge in [-0.3, -0.25) is 9.59 Å². The van der Waals surface area contributed by atoms with E-state index in [0.29, 0.717) is 19.3 Å². The quantitative estimate of drug-likeness (QED) is 0.818. The van der Waals surface area contributed by atoms with E-state index < -0.39 is 0 Å². The molecule has 0 aliphatic carbocycles. The van der Waals surface area contributed by atoms with Crippen LogP contribution in [0.25, 0.3) is 0 Å². The number of anilines is 1. The molecule has 2 aromatic rings. The van der Waals surface area contributed by atoms with Gasteiger partial charge in [-0.05, 0) is 31.2 Å². The van der Waals surface area contributed by atoms with Crippen molar-refractivity contribution in [3.8, 4) is 0 Å². The van der Waals surface area contributed by atoms with E-state index in [1.54, 1.807) is 12.5 Å². The number of rotatable bonds is 6. The molecule has 0 saturated carbocycles. The number of benzene rings is 1. The summed E-state index contributed by atoms with van der Waals surface area (Å²) in [4.78, 5) is 35.6. The smallest absolute Gasteiger partial charge is 0.227 e. The molecular formula is C19H25N5O2. The van der Waals surface area contributed by atoms with Crippen LogP contribution in [0.1, 0.15) is 17.7 Å². The number of aromatic nitrogens is 2. The van der Waals surface area contributed by atoms with Crippen molar-refractivity contribution in [3.63, 3.8) is 0 Å². The Hall–Kier alpha value is -2.67. The van der Waals surface area contributed by atoms with Gasteiger partial charge in [0.1, 0.15) is 0 Å². The van der Waals surface area contributed by atoms with Crippen molar-refractivity contribution >= 4 is 17.5 Å². The van der Waals surface area contributed by atoms with Crippen LogP contribution in [0.2, 0.25) is 0 Å². The minimum absolute atomic E-state index is 0.0536. The zero-order valence-electron chi connectivity index (χ0n) is 15.1. The van der Waals surface area contributed by atoms with Crippen LogP contribution in [-0.2, 0) is 22.4 Å². The maximum atomic E-state index is 12.5. The van der Waals surface area contributed by atoms with Gasteiger partial charge >= 0.3 is 0 Å². The van der Waals surface area contributed by atoms with E-state index >= 15 is 0 Å². The van der Waals surface area contributed by atoms with Gasteiger partial charge in [0.05, 0.1) is 12.7 Å². The summed E-state index contributed by atoms with van der Waals surface area (Å²) in [5.74, 6) is 0.0861.